The zero-order chi connectivity index (χ0) is 12.4. The maximum absolute atomic E-state index is 2.38. The molecular weight excluding hydrogens is 192 g/mol. The van der Waals surface area contributed by atoms with E-state index in [1.54, 1.807) is 11.1 Å². The van der Waals surface area contributed by atoms with Crippen LogP contribution < -0.4 is 0 Å². The minimum atomic E-state index is 1.17. The first-order valence-corrected chi connectivity index (χ1v) is 6.92. The van der Waals surface area contributed by atoms with Crippen molar-refractivity contribution in [3.63, 3.8) is 0 Å². The van der Waals surface area contributed by atoms with Gasteiger partial charge in [-0.15, -0.1) is 0 Å². The third-order valence-electron chi connectivity index (χ3n) is 2.57. The molecule has 0 bridgehead atoms. The Morgan fingerprint density at radius 3 is 2.06 bits per heavy atom. The monoisotopic (exact) mass is 220 g/mol. The summed E-state index contributed by atoms with van der Waals surface area (Å²) < 4.78 is 0. The fraction of sp³-hybridized carbons (Fsp3) is 0.625. The fourth-order valence-corrected chi connectivity index (χ4v) is 1.85. The Morgan fingerprint density at radius 1 is 0.938 bits per heavy atom. The Bertz CT molecular complexity index is 273. The van der Waals surface area contributed by atoms with Crippen molar-refractivity contribution in [2.75, 3.05) is 0 Å². The molecule has 0 amide bonds. The van der Waals surface area contributed by atoms with Crippen LogP contribution in [0, 0.1) is 0 Å². The molecule has 0 spiro atoms. The summed E-state index contributed by atoms with van der Waals surface area (Å²) in [4.78, 5) is 0. The minimum Gasteiger partial charge on any atom is -0.0683 e. The maximum atomic E-state index is 2.38. The fourth-order valence-electron chi connectivity index (χ4n) is 1.85. The number of hydrogen-bond acceptors (Lipinski definition) is 0. The predicted molar refractivity (Wildman–Crippen MR) is 75.2 cm³/mol. The van der Waals surface area contributed by atoms with Gasteiger partial charge in [0, 0.05) is 0 Å². The molecule has 0 aliphatic heterocycles. The molecule has 0 fully saturated rings. The summed E-state index contributed by atoms with van der Waals surface area (Å²) in [7, 11) is 0. The molecule has 0 unspecified atom stereocenters. The van der Waals surface area contributed by atoms with Crippen LogP contribution in [0.5, 0.6) is 0 Å². The molecule has 0 atom stereocenters. The van der Waals surface area contributed by atoms with Gasteiger partial charge in [-0.25, -0.2) is 0 Å². The van der Waals surface area contributed by atoms with Crippen molar-refractivity contribution >= 4 is 0 Å². The number of benzene rings is 1. The van der Waals surface area contributed by atoms with Crippen molar-refractivity contribution < 1.29 is 0 Å². The van der Waals surface area contributed by atoms with E-state index in [0.717, 1.165) is 0 Å². The second-order valence-electron chi connectivity index (χ2n) is 4.02. The molecule has 0 heteroatoms. The third-order valence-corrected chi connectivity index (χ3v) is 2.57. The molecule has 16 heavy (non-hydrogen) atoms. The summed E-state index contributed by atoms with van der Waals surface area (Å²) in [5.41, 5.74) is 4.68. The summed E-state index contributed by atoms with van der Waals surface area (Å²) in [6.07, 6.45) is 6.40. The van der Waals surface area contributed by atoms with Crippen LogP contribution in [0.3, 0.4) is 0 Å². The van der Waals surface area contributed by atoms with E-state index in [1.807, 2.05) is 13.8 Å². The molecular formula is C16H28. The highest BCUT2D eigenvalue weighted by Crippen LogP contribution is 2.22. The van der Waals surface area contributed by atoms with E-state index in [9.17, 15) is 0 Å². The van der Waals surface area contributed by atoms with E-state index in [1.165, 1.54) is 37.7 Å². The van der Waals surface area contributed by atoms with Gasteiger partial charge in [0.05, 0.1) is 0 Å². The van der Waals surface area contributed by atoms with Crippen molar-refractivity contribution in [3.8, 4) is 0 Å². The molecule has 1 aliphatic rings. The predicted octanol–water partition coefficient (Wildman–Crippen LogP) is 5.18. The van der Waals surface area contributed by atoms with Crippen molar-refractivity contribution in [1.82, 2.24) is 0 Å². The largest absolute Gasteiger partial charge is 0.0683 e. The average Bonchev–Trinajstić information content (AvgIpc) is 2.79. The van der Waals surface area contributed by atoms with Crippen LogP contribution in [0.4, 0.5) is 0 Å². The lowest BCUT2D eigenvalue weighted by atomic mass is 10.1. The summed E-state index contributed by atoms with van der Waals surface area (Å²) in [6.45, 7) is 10.5. The van der Waals surface area contributed by atoms with E-state index in [-0.39, 0.29) is 0 Å². The smallest absolute Gasteiger partial charge is 0.0273 e. The zero-order valence-corrected chi connectivity index (χ0v) is 11.8. The quantitative estimate of drug-likeness (QED) is 0.611. The topological polar surface area (TPSA) is 0 Å². The van der Waals surface area contributed by atoms with Crippen LogP contribution >= 0.6 is 0 Å². The molecule has 0 N–H and O–H groups in total. The number of fused-ring (bicyclic) bond motifs is 1. The first kappa shape index (κ1) is 15.2. The van der Waals surface area contributed by atoms with Crippen LogP contribution in [0.15, 0.2) is 18.2 Å². The van der Waals surface area contributed by atoms with Gasteiger partial charge >= 0.3 is 0 Å². The average molecular weight is 220 g/mol. The molecule has 0 radical (unpaired) electrons. The molecule has 0 saturated heterocycles. The van der Waals surface area contributed by atoms with Crippen LogP contribution in [0.25, 0.3) is 0 Å². The highest BCUT2D eigenvalue weighted by molar-refractivity contribution is 5.35. The normalized spacial score (nSPS) is 11.8. The Morgan fingerprint density at radius 2 is 1.50 bits per heavy atom. The van der Waals surface area contributed by atoms with Crippen LogP contribution in [0.1, 0.15) is 64.2 Å². The van der Waals surface area contributed by atoms with Gasteiger partial charge in [-0.1, -0.05) is 59.2 Å². The van der Waals surface area contributed by atoms with Crippen molar-refractivity contribution in [2.24, 2.45) is 0 Å². The number of hydrogen-bond donors (Lipinski definition) is 0. The molecule has 1 aromatic rings. The van der Waals surface area contributed by atoms with Gasteiger partial charge in [-0.05, 0) is 42.4 Å². The van der Waals surface area contributed by atoms with Crippen molar-refractivity contribution in [3.05, 3.63) is 34.9 Å². The van der Waals surface area contributed by atoms with Crippen molar-refractivity contribution in [1.29, 1.82) is 0 Å². The lowest BCUT2D eigenvalue weighted by molar-refractivity contribution is 0.911. The summed E-state index contributed by atoms with van der Waals surface area (Å²) in [6, 6.07) is 6.95. The first-order chi connectivity index (χ1) is 7.81. The Hall–Kier alpha value is -0.780. The zero-order valence-electron chi connectivity index (χ0n) is 11.8. The van der Waals surface area contributed by atoms with Crippen LogP contribution in [-0.2, 0) is 19.3 Å². The first-order valence-electron chi connectivity index (χ1n) is 6.92. The molecule has 92 valence electrons. The van der Waals surface area contributed by atoms with E-state index in [0.29, 0.717) is 0 Å². The van der Waals surface area contributed by atoms with Gasteiger partial charge in [0.25, 0.3) is 0 Å². The molecule has 0 aromatic heterocycles. The van der Waals surface area contributed by atoms with Gasteiger partial charge in [-0.2, -0.15) is 0 Å². The molecule has 0 heterocycles. The van der Waals surface area contributed by atoms with Gasteiger partial charge in [0.2, 0.25) is 0 Å². The lowest BCUT2D eigenvalue weighted by Crippen LogP contribution is -1.85. The molecule has 1 aromatic carbocycles. The third kappa shape index (κ3) is 4.83. The molecule has 0 nitrogen and oxygen atoms in total. The Labute approximate surface area is 102 Å². The van der Waals surface area contributed by atoms with E-state index < -0.39 is 0 Å². The molecule has 2 rings (SSSR count). The second-order valence-corrected chi connectivity index (χ2v) is 4.02. The standard InChI is InChI=1S/C11H14.C3H8.C2H6/c1-2-9-6-7-10-4-3-5-11(10)8-9;1-3-2;1-2/h6-8H,2-5H2,1H3;3H2,1-2H3;1-2H3. The van der Waals surface area contributed by atoms with Crippen LogP contribution in [0.2, 0.25) is 0 Å². The van der Waals surface area contributed by atoms with E-state index >= 15 is 0 Å². The highest BCUT2D eigenvalue weighted by atomic mass is 14.1. The van der Waals surface area contributed by atoms with Crippen LogP contribution in [-0.4, -0.2) is 0 Å². The van der Waals surface area contributed by atoms with E-state index in [4.69, 9.17) is 0 Å². The molecule has 0 saturated carbocycles. The Balaban J connectivity index is 0.000000394. The Kier molecular flexibility index (Phi) is 8.99. The second kappa shape index (κ2) is 9.45. The van der Waals surface area contributed by atoms with Gasteiger partial charge in [0.15, 0.2) is 0 Å². The lowest BCUT2D eigenvalue weighted by Gasteiger charge is -2.00. The minimum absolute atomic E-state index is 1.17. The maximum Gasteiger partial charge on any atom is -0.0273 e. The summed E-state index contributed by atoms with van der Waals surface area (Å²) in [5.74, 6) is 0. The van der Waals surface area contributed by atoms with Gasteiger partial charge < -0.3 is 0 Å². The highest BCUT2D eigenvalue weighted by Gasteiger charge is 2.09. The van der Waals surface area contributed by atoms with Gasteiger partial charge in [-0.3, -0.25) is 0 Å². The number of aryl methyl sites for hydroxylation is 3. The molecule has 1 aliphatic carbocycles. The van der Waals surface area contributed by atoms with E-state index in [2.05, 4.69) is 39.0 Å². The number of rotatable bonds is 1. The summed E-state index contributed by atoms with van der Waals surface area (Å²) in [5, 5.41) is 0. The van der Waals surface area contributed by atoms with Gasteiger partial charge in [0.1, 0.15) is 0 Å². The summed E-state index contributed by atoms with van der Waals surface area (Å²) >= 11 is 0. The van der Waals surface area contributed by atoms with Crippen molar-refractivity contribution in [2.45, 2.75) is 66.7 Å². The SMILES string of the molecule is CC.CCC.CCc1ccc2c(c1)CCC2.